The van der Waals surface area contributed by atoms with E-state index >= 15 is 0 Å². The number of aliphatic imine (C=N–C) groups is 1. The van der Waals surface area contributed by atoms with Gasteiger partial charge in [0.1, 0.15) is 11.9 Å². The Morgan fingerprint density at radius 1 is 1.22 bits per heavy atom. The summed E-state index contributed by atoms with van der Waals surface area (Å²) in [5.41, 5.74) is 1.21. The molecule has 0 amide bonds. The van der Waals surface area contributed by atoms with Crippen LogP contribution in [-0.4, -0.2) is 56.2 Å². The van der Waals surface area contributed by atoms with E-state index in [0.29, 0.717) is 6.54 Å². The highest BCUT2D eigenvalue weighted by molar-refractivity contribution is 14.0. The molecule has 154 valence electrons. The van der Waals surface area contributed by atoms with Gasteiger partial charge in [-0.3, -0.25) is 0 Å². The lowest BCUT2D eigenvalue weighted by molar-refractivity contribution is 0.230. The van der Waals surface area contributed by atoms with Gasteiger partial charge in [0.15, 0.2) is 5.96 Å². The first-order valence-corrected chi connectivity index (χ1v) is 10.1. The third-order valence-electron chi connectivity index (χ3n) is 4.57. The summed E-state index contributed by atoms with van der Waals surface area (Å²) < 4.78 is 5.96. The second-order valence-electron chi connectivity index (χ2n) is 7.15. The van der Waals surface area contributed by atoms with Crippen molar-refractivity contribution in [2.75, 3.05) is 39.3 Å². The van der Waals surface area contributed by atoms with Crippen molar-refractivity contribution in [1.82, 2.24) is 15.5 Å². The van der Waals surface area contributed by atoms with E-state index in [0.717, 1.165) is 24.8 Å². The minimum Gasteiger partial charge on any atom is -0.489 e. The molecule has 2 N–H and O–H groups in total. The Kier molecular flexibility index (Phi) is 12.5. The molecule has 0 radical (unpaired) electrons. The predicted octanol–water partition coefficient (Wildman–Crippen LogP) is 3.81. The fraction of sp³-hybridized carbons (Fsp3) is 0.667. The molecule has 1 heterocycles. The monoisotopic (exact) mass is 488 g/mol. The number of guanidine groups is 1. The summed E-state index contributed by atoms with van der Waals surface area (Å²) in [7, 11) is 0. The average molecular weight is 488 g/mol. The largest absolute Gasteiger partial charge is 0.489 e. The van der Waals surface area contributed by atoms with Gasteiger partial charge in [-0.1, -0.05) is 12.1 Å². The molecule has 0 bridgehead atoms. The maximum Gasteiger partial charge on any atom is 0.191 e. The van der Waals surface area contributed by atoms with Gasteiger partial charge in [-0.25, -0.2) is 4.99 Å². The summed E-state index contributed by atoms with van der Waals surface area (Å²) >= 11 is 0. The van der Waals surface area contributed by atoms with Crippen LogP contribution < -0.4 is 15.4 Å². The standard InChI is InChI=1S/C21H36N4O.HI/c1-4-22-21(23-12-5-6-13-25-14-7-8-15-25)24-17-19(3)26-20-11-9-10-18(2)16-20;/h9-11,16,19H,4-8,12-15,17H2,1-3H3,(H2,22,23,24);1H. The molecule has 1 aromatic carbocycles. The number of ether oxygens (including phenoxy) is 1. The van der Waals surface area contributed by atoms with E-state index in [-0.39, 0.29) is 30.1 Å². The predicted molar refractivity (Wildman–Crippen MR) is 126 cm³/mol. The van der Waals surface area contributed by atoms with E-state index in [1.165, 1.54) is 50.9 Å². The zero-order valence-electron chi connectivity index (χ0n) is 17.2. The van der Waals surface area contributed by atoms with Crippen LogP contribution in [0.1, 0.15) is 45.1 Å². The van der Waals surface area contributed by atoms with Crippen molar-refractivity contribution in [3.05, 3.63) is 29.8 Å². The molecule has 1 saturated heterocycles. The van der Waals surface area contributed by atoms with E-state index in [1.807, 2.05) is 12.1 Å². The number of nitrogens with one attached hydrogen (secondary N) is 2. The van der Waals surface area contributed by atoms with Crippen molar-refractivity contribution in [3.63, 3.8) is 0 Å². The van der Waals surface area contributed by atoms with Gasteiger partial charge in [-0.05, 0) is 83.8 Å². The minimum atomic E-state index is 0. The van der Waals surface area contributed by atoms with Crippen LogP contribution in [0.3, 0.4) is 0 Å². The Morgan fingerprint density at radius 3 is 2.70 bits per heavy atom. The van der Waals surface area contributed by atoms with E-state index < -0.39 is 0 Å². The van der Waals surface area contributed by atoms with Crippen molar-refractivity contribution in [2.24, 2.45) is 4.99 Å². The maximum atomic E-state index is 5.96. The lowest BCUT2D eigenvalue weighted by atomic mass is 10.2. The zero-order chi connectivity index (χ0) is 18.6. The van der Waals surface area contributed by atoms with Gasteiger partial charge < -0.3 is 20.3 Å². The van der Waals surface area contributed by atoms with Crippen LogP contribution in [0.5, 0.6) is 5.75 Å². The number of hydrogen-bond acceptors (Lipinski definition) is 3. The fourth-order valence-electron chi connectivity index (χ4n) is 3.19. The molecule has 0 saturated carbocycles. The van der Waals surface area contributed by atoms with Gasteiger partial charge in [-0.15, -0.1) is 24.0 Å². The third-order valence-corrected chi connectivity index (χ3v) is 4.57. The van der Waals surface area contributed by atoms with Crippen molar-refractivity contribution in [3.8, 4) is 5.75 Å². The van der Waals surface area contributed by atoms with Crippen molar-refractivity contribution >= 4 is 29.9 Å². The molecule has 0 aliphatic carbocycles. The summed E-state index contributed by atoms with van der Waals surface area (Å²) in [6.45, 7) is 12.5. The van der Waals surface area contributed by atoms with Crippen LogP contribution >= 0.6 is 24.0 Å². The van der Waals surface area contributed by atoms with Crippen LogP contribution in [-0.2, 0) is 0 Å². The number of halogens is 1. The Labute approximate surface area is 182 Å². The van der Waals surface area contributed by atoms with E-state index in [1.54, 1.807) is 0 Å². The smallest absolute Gasteiger partial charge is 0.191 e. The van der Waals surface area contributed by atoms with Gasteiger partial charge in [0.05, 0.1) is 6.54 Å². The number of nitrogens with zero attached hydrogens (tertiary/aromatic N) is 2. The topological polar surface area (TPSA) is 48.9 Å². The van der Waals surface area contributed by atoms with E-state index in [9.17, 15) is 0 Å². The molecule has 1 aliphatic heterocycles. The fourth-order valence-corrected chi connectivity index (χ4v) is 3.19. The van der Waals surface area contributed by atoms with Crippen LogP contribution in [0, 0.1) is 6.92 Å². The van der Waals surface area contributed by atoms with E-state index in [2.05, 4.69) is 53.4 Å². The second kappa shape index (κ2) is 14.0. The molecule has 0 aromatic heterocycles. The van der Waals surface area contributed by atoms with Gasteiger partial charge in [0, 0.05) is 13.1 Å². The number of aryl methyl sites for hydroxylation is 1. The number of rotatable bonds is 10. The Bertz CT molecular complexity index is 547. The summed E-state index contributed by atoms with van der Waals surface area (Å²) in [6.07, 6.45) is 5.22. The Hall–Kier alpha value is -1.02. The maximum absolute atomic E-state index is 5.96. The number of hydrogen-bond donors (Lipinski definition) is 2. The first-order valence-electron chi connectivity index (χ1n) is 10.1. The van der Waals surface area contributed by atoms with Crippen LogP contribution in [0.4, 0.5) is 0 Å². The highest BCUT2D eigenvalue weighted by atomic mass is 127. The average Bonchev–Trinajstić information content (AvgIpc) is 3.12. The highest BCUT2D eigenvalue weighted by Crippen LogP contribution is 2.14. The minimum absolute atomic E-state index is 0. The van der Waals surface area contributed by atoms with Gasteiger partial charge in [0.25, 0.3) is 0 Å². The summed E-state index contributed by atoms with van der Waals surface area (Å²) in [6, 6.07) is 8.15. The first-order chi connectivity index (χ1) is 12.7. The highest BCUT2D eigenvalue weighted by Gasteiger charge is 2.10. The number of unbranched alkanes of at least 4 members (excludes halogenated alkanes) is 1. The van der Waals surface area contributed by atoms with Crippen LogP contribution in [0.15, 0.2) is 29.3 Å². The second-order valence-corrected chi connectivity index (χ2v) is 7.15. The SMILES string of the molecule is CCNC(=NCC(C)Oc1cccc(C)c1)NCCCCN1CCCC1.I. The van der Waals surface area contributed by atoms with Gasteiger partial charge in [-0.2, -0.15) is 0 Å². The quantitative estimate of drug-likeness (QED) is 0.228. The molecule has 27 heavy (non-hydrogen) atoms. The molecule has 1 atom stereocenters. The molecule has 2 rings (SSSR count). The lowest BCUT2D eigenvalue weighted by Crippen LogP contribution is -2.38. The first kappa shape index (κ1) is 24.0. The molecule has 5 nitrogen and oxygen atoms in total. The van der Waals surface area contributed by atoms with Crippen molar-refractivity contribution < 1.29 is 4.74 Å². The molecular weight excluding hydrogens is 451 g/mol. The van der Waals surface area contributed by atoms with Crippen molar-refractivity contribution in [1.29, 1.82) is 0 Å². The van der Waals surface area contributed by atoms with E-state index in [4.69, 9.17) is 4.74 Å². The van der Waals surface area contributed by atoms with Crippen molar-refractivity contribution in [2.45, 2.75) is 52.6 Å². The zero-order valence-corrected chi connectivity index (χ0v) is 19.5. The summed E-state index contributed by atoms with van der Waals surface area (Å²) in [4.78, 5) is 7.24. The summed E-state index contributed by atoms with van der Waals surface area (Å²) in [5.74, 6) is 1.79. The molecular formula is C21H37IN4O. The molecule has 1 fully saturated rings. The van der Waals surface area contributed by atoms with Gasteiger partial charge in [0.2, 0.25) is 0 Å². The summed E-state index contributed by atoms with van der Waals surface area (Å²) in [5, 5.41) is 6.76. The number of benzene rings is 1. The Morgan fingerprint density at radius 2 is 2.00 bits per heavy atom. The molecule has 1 aromatic rings. The number of likely N-dealkylation sites (tertiary alicyclic amines) is 1. The molecule has 1 unspecified atom stereocenters. The Balaban J connectivity index is 0.00000364. The normalized spacial score (nSPS) is 15.9. The molecule has 1 aliphatic rings. The van der Waals surface area contributed by atoms with Crippen LogP contribution in [0.25, 0.3) is 0 Å². The molecule has 0 spiro atoms. The third kappa shape index (κ3) is 10.2. The van der Waals surface area contributed by atoms with Crippen LogP contribution in [0.2, 0.25) is 0 Å². The lowest BCUT2D eigenvalue weighted by Gasteiger charge is -2.16. The van der Waals surface area contributed by atoms with Gasteiger partial charge >= 0.3 is 0 Å². The molecule has 6 heteroatoms.